The molecule has 13 heteroatoms. The average molecular weight is 771 g/mol. The van der Waals surface area contributed by atoms with Crippen molar-refractivity contribution in [1.82, 2.24) is 15.3 Å². The SMILES string of the molecule is CCCCN.CCCCNC(=O)c1ccc2[nH]c(O)c(C3=Nc4ccccc4N(C)C3)c2c1.CN1CC(c2c(O)[nH]c3ccc(C(=O)O)cc23)=Nc2ccccc21. The molecule has 0 unspecified atom stereocenters. The predicted octanol–water partition coefficient (Wildman–Crippen LogP) is 7.86. The predicted molar refractivity (Wildman–Crippen MR) is 230 cm³/mol. The highest BCUT2D eigenvalue weighted by molar-refractivity contribution is 6.18. The van der Waals surface area contributed by atoms with Gasteiger partial charge in [-0.3, -0.25) is 4.79 Å². The molecule has 2 aliphatic heterocycles. The number of fused-ring (bicyclic) bond motifs is 4. The molecule has 8 N–H and O–H groups in total. The minimum absolute atomic E-state index is 0.000861. The van der Waals surface area contributed by atoms with E-state index in [1.165, 1.54) is 18.9 Å². The molecule has 0 saturated carbocycles. The molecule has 296 valence electrons. The Balaban J connectivity index is 0.000000174. The summed E-state index contributed by atoms with van der Waals surface area (Å²) in [5, 5.41) is 34.5. The van der Waals surface area contributed by atoms with Crippen LogP contribution in [0.5, 0.6) is 11.8 Å². The maximum absolute atomic E-state index is 12.5. The average Bonchev–Trinajstić information content (AvgIpc) is 3.72. The van der Waals surface area contributed by atoms with Crippen LogP contribution in [0.25, 0.3) is 21.8 Å². The normalized spacial score (nSPS) is 13.1. The van der Waals surface area contributed by atoms with Crippen LogP contribution >= 0.6 is 0 Å². The van der Waals surface area contributed by atoms with Crippen molar-refractivity contribution in [2.75, 3.05) is 50.1 Å². The first-order valence-electron chi connectivity index (χ1n) is 19.2. The van der Waals surface area contributed by atoms with E-state index in [1.807, 2.05) is 74.8 Å². The largest absolute Gasteiger partial charge is 0.494 e. The molecule has 4 heterocycles. The number of para-hydroxylation sites is 4. The Kier molecular flexibility index (Phi) is 12.6. The smallest absolute Gasteiger partial charge is 0.335 e. The number of unbranched alkanes of at least 4 members (excludes halogenated alkanes) is 2. The number of carboxylic acids is 1. The van der Waals surface area contributed by atoms with Gasteiger partial charge in [-0.2, -0.15) is 0 Å². The Bertz CT molecular complexity index is 2460. The first-order chi connectivity index (χ1) is 27.5. The van der Waals surface area contributed by atoms with E-state index in [-0.39, 0.29) is 23.2 Å². The van der Waals surface area contributed by atoms with Crippen molar-refractivity contribution in [2.45, 2.75) is 39.5 Å². The van der Waals surface area contributed by atoms with Gasteiger partial charge in [-0.15, -0.1) is 0 Å². The number of rotatable bonds is 9. The quantitative estimate of drug-likeness (QED) is 0.0722. The van der Waals surface area contributed by atoms with Gasteiger partial charge in [-0.05, 0) is 80.1 Å². The van der Waals surface area contributed by atoms with E-state index in [4.69, 9.17) is 10.7 Å². The van der Waals surface area contributed by atoms with E-state index < -0.39 is 5.97 Å². The number of benzene rings is 4. The summed E-state index contributed by atoms with van der Waals surface area (Å²) in [6, 6.07) is 25.9. The molecule has 0 aliphatic carbocycles. The number of hydrogen-bond donors (Lipinski definition) is 7. The lowest BCUT2D eigenvalue weighted by molar-refractivity contribution is 0.0696. The van der Waals surface area contributed by atoms with Gasteiger partial charge < -0.3 is 46.1 Å². The van der Waals surface area contributed by atoms with Gasteiger partial charge in [0.15, 0.2) is 11.8 Å². The molecule has 2 aromatic heterocycles. The van der Waals surface area contributed by atoms with Gasteiger partial charge in [-0.25, -0.2) is 14.8 Å². The van der Waals surface area contributed by atoms with Gasteiger partial charge in [0, 0.05) is 48.0 Å². The van der Waals surface area contributed by atoms with Crippen LogP contribution in [-0.2, 0) is 0 Å². The van der Waals surface area contributed by atoms with E-state index in [0.717, 1.165) is 58.8 Å². The summed E-state index contributed by atoms with van der Waals surface area (Å²) in [6.07, 6.45) is 4.37. The third-order valence-corrected chi connectivity index (χ3v) is 9.89. The Labute approximate surface area is 331 Å². The molecule has 6 aromatic rings. The Morgan fingerprint density at radius 3 is 1.65 bits per heavy atom. The number of nitrogens with one attached hydrogen (secondary N) is 3. The lowest BCUT2D eigenvalue weighted by atomic mass is 10.0. The molecule has 0 radical (unpaired) electrons. The summed E-state index contributed by atoms with van der Waals surface area (Å²) in [4.78, 5) is 43.2. The number of amides is 1. The Morgan fingerprint density at radius 1 is 0.719 bits per heavy atom. The zero-order chi connectivity index (χ0) is 40.6. The molecule has 13 nitrogen and oxygen atoms in total. The lowest BCUT2D eigenvalue weighted by Gasteiger charge is -2.26. The summed E-state index contributed by atoms with van der Waals surface area (Å²) in [5.74, 6) is -1.03. The highest BCUT2D eigenvalue weighted by Crippen LogP contribution is 2.38. The molecular weight excluding hydrogens is 721 g/mol. The number of likely N-dealkylation sites (N-methyl/N-ethyl adjacent to an activating group) is 2. The van der Waals surface area contributed by atoms with Crippen LogP contribution in [0.4, 0.5) is 22.7 Å². The fraction of sp³-hybridized carbons (Fsp3) is 0.273. The lowest BCUT2D eigenvalue weighted by Crippen LogP contribution is -2.29. The monoisotopic (exact) mass is 770 g/mol. The highest BCUT2D eigenvalue weighted by atomic mass is 16.4. The zero-order valence-electron chi connectivity index (χ0n) is 32.8. The molecule has 0 atom stereocenters. The number of hydrogen-bond acceptors (Lipinski definition) is 9. The van der Waals surface area contributed by atoms with Crippen LogP contribution in [0.1, 0.15) is 71.4 Å². The fourth-order valence-electron chi connectivity index (χ4n) is 6.91. The molecule has 0 bridgehead atoms. The summed E-state index contributed by atoms with van der Waals surface area (Å²) in [6.45, 7) is 6.82. The molecule has 57 heavy (non-hydrogen) atoms. The summed E-state index contributed by atoms with van der Waals surface area (Å²) in [5.41, 5.74) is 13.8. The van der Waals surface area contributed by atoms with Crippen molar-refractivity contribution >= 4 is 67.9 Å². The molecule has 4 aromatic carbocycles. The third-order valence-electron chi connectivity index (χ3n) is 9.89. The van der Waals surface area contributed by atoms with Crippen molar-refractivity contribution in [3.05, 3.63) is 107 Å². The van der Waals surface area contributed by atoms with Crippen LogP contribution in [0.2, 0.25) is 0 Å². The number of aliphatic imine (C=N–C) groups is 2. The number of carbonyl (C=O) groups excluding carboxylic acids is 1. The number of H-pyrrole nitrogens is 2. The van der Waals surface area contributed by atoms with Gasteiger partial charge >= 0.3 is 5.97 Å². The maximum atomic E-state index is 12.5. The zero-order valence-corrected chi connectivity index (χ0v) is 32.8. The summed E-state index contributed by atoms with van der Waals surface area (Å²) in [7, 11) is 3.97. The van der Waals surface area contributed by atoms with Gasteiger partial charge in [0.1, 0.15) is 0 Å². The molecule has 0 fully saturated rings. The molecular formula is C44H50N8O5. The number of aromatic carboxylic acids is 1. The molecule has 0 spiro atoms. The molecule has 8 rings (SSSR count). The van der Waals surface area contributed by atoms with Crippen molar-refractivity contribution < 1.29 is 24.9 Å². The fourth-order valence-corrected chi connectivity index (χ4v) is 6.91. The number of carbonyl (C=O) groups is 2. The topological polar surface area (TPSA) is 196 Å². The molecule has 0 saturated heterocycles. The number of aromatic hydroxyl groups is 2. The van der Waals surface area contributed by atoms with Gasteiger partial charge in [0.2, 0.25) is 0 Å². The first-order valence-corrected chi connectivity index (χ1v) is 19.2. The standard InChI is InChI=1S/C22H24N4O2.C18H15N3O3.C4H11N/c1-3-4-11-23-21(27)14-9-10-16-15(12-14)20(22(28)25-16)18-13-26(2)19-8-6-5-7-17(19)24-18;1-21-9-14(19-13-4-2-3-5-15(13)21)16-11-8-10(18(23)24)6-7-12(11)20-17(16)22;1-2-3-4-5/h5-10,12,25,28H,3-4,11,13H2,1-2H3,(H,23,27);2-8,20,22H,9H2,1H3,(H,23,24);2-5H2,1H3. The van der Waals surface area contributed by atoms with Crippen LogP contribution in [0.15, 0.2) is 94.9 Å². The first kappa shape index (κ1) is 40.1. The number of nitrogens with two attached hydrogens (primary N) is 1. The van der Waals surface area contributed by atoms with Crippen LogP contribution in [-0.4, -0.2) is 88.9 Å². The van der Waals surface area contributed by atoms with Gasteiger partial charge in [0.25, 0.3) is 5.91 Å². The Morgan fingerprint density at radius 2 is 1.19 bits per heavy atom. The van der Waals surface area contributed by atoms with E-state index in [9.17, 15) is 24.9 Å². The number of anilines is 2. The van der Waals surface area contributed by atoms with E-state index in [1.54, 1.807) is 18.2 Å². The second kappa shape index (κ2) is 17.9. The minimum atomic E-state index is -1.00. The Hall–Kier alpha value is -6.60. The van der Waals surface area contributed by atoms with Gasteiger partial charge in [0.05, 0.1) is 64.0 Å². The number of nitrogens with zero attached hydrogens (tertiary/aromatic N) is 4. The number of aromatic nitrogens is 2. The van der Waals surface area contributed by atoms with Crippen LogP contribution in [0, 0.1) is 0 Å². The molecule has 2 aliphatic rings. The van der Waals surface area contributed by atoms with Crippen LogP contribution < -0.4 is 20.9 Å². The van der Waals surface area contributed by atoms with Gasteiger partial charge in [-0.1, -0.05) is 51.0 Å². The van der Waals surface area contributed by atoms with Crippen molar-refractivity contribution in [3.63, 3.8) is 0 Å². The number of aromatic amines is 2. The van der Waals surface area contributed by atoms with E-state index in [0.29, 0.717) is 52.9 Å². The summed E-state index contributed by atoms with van der Waals surface area (Å²) >= 11 is 0. The summed E-state index contributed by atoms with van der Waals surface area (Å²) < 4.78 is 0. The highest BCUT2D eigenvalue weighted by Gasteiger charge is 2.25. The van der Waals surface area contributed by atoms with Crippen molar-refractivity contribution in [2.24, 2.45) is 15.7 Å². The minimum Gasteiger partial charge on any atom is -0.494 e. The number of carboxylic acid groups (broad SMARTS) is 1. The van der Waals surface area contributed by atoms with E-state index in [2.05, 4.69) is 43.9 Å². The second-order valence-corrected chi connectivity index (χ2v) is 14.1. The maximum Gasteiger partial charge on any atom is 0.335 e. The third kappa shape index (κ3) is 8.79. The van der Waals surface area contributed by atoms with Crippen molar-refractivity contribution in [3.8, 4) is 11.8 Å². The van der Waals surface area contributed by atoms with Crippen molar-refractivity contribution in [1.29, 1.82) is 0 Å². The van der Waals surface area contributed by atoms with Crippen LogP contribution in [0.3, 0.4) is 0 Å². The molecule has 1 amide bonds. The van der Waals surface area contributed by atoms with E-state index >= 15 is 0 Å². The second-order valence-electron chi connectivity index (χ2n) is 14.1.